The number of rotatable bonds is 3. The first-order valence-corrected chi connectivity index (χ1v) is 4.85. The molecule has 0 aliphatic heterocycles. The first-order chi connectivity index (χ1) is 6.35. The molecule has 13 heavy (non-hydrogen) atoms. The van der Waals surface area contributed by atoms with E-state index in [0.29, 0.717) is 6.61 Å². The summed E-state index contributed by atoms with van der Waals surface area (Å²) in [5.41, 5.74) is 1.27. The van der Waals surface area contributed by atoms with Gasteiger partial charge >= 0.3 is 0 Å². The van der Waals surface area contributed by atoms with Gasteiger partial charge in [-0.25, -0.2) is 0 Å². The Morgan fingerprint density at radius 1 is 1.38 bits per heavy atom. The van der Waals surface area contributed by atoms with E-state index in [9.17, 15) is 5.11 Å². The summed E-state index contributed by atoms with van der Waals surface area (Å²) in [4.78, 5) is 4.28. The van der Waals surface area contributed by atoms with Crippen LogP contribution in [0.2, 0.25) is 0 Å². The van der Waals surface area contributed by atoms with Crippen molar-refractivity contribution in [1.29, 1.82) is 0 Å². The minimum atomic E-state index is 0.161. The number of nitrogens with zero attached hydrogens (tertiary/aromatic N) is 1. The van der Waals surface area contributed by atoms with Gasteiger partial charge in [0.15, 0.2) is 0 Å². The van der Waals surface area contributed by atoms with Crippen molar-refractivity contribution in [2.24, 2.45) is 5.41 Å². The molecule has 1 aromatic heterocycles. The van der Waals surface area contributed by atoms with Crippen molar-refractivity contribution in [2.45, 2.75) is 25.7 Å². The molecule has 70 valence electrons. The third-order valence-electron chi connectivity index (χ3n) is 3.03. The van der Waals surface area contributed by atoms with Crippen LogP contribution in [0.15, 0.2) is 24.4 Å². The number of aliphatic hydroxyl groups excluding tert-OH is 1. The largest absolute Gasteiger partial charge is 0.396 e. The monoisotopic (exact) mass is 177 g/mol. The summed E-state index contributed by atoms with van der Waals surface area (Å²) in [5.74, 6) is 0. The molecular formula is C11H15NO. The smallest absolute Gasteiger partial charge is 0.0491 e. The predicted molar refractivity (Wildman–Crippen MR) is 51.3 cm³/mol. The van der Waals surface area contributed by atoms with E-state index in [-0.39, 0.29) is 5.41 Å². The molecule has 0 radical (unpaired) electrons. The highest BCUT2D eigenvalue weighted by molar-refractivity contribution is 5.08. The maximum absolute atomic E-state index is 9.27. The fraction of sp³-hybridized carbons (Fsp3) is 0.545. The van der Waals surface area contributed by atoms with E-state index >= 15 is 0 Å². The molecule has 0 bridgehead atoms. The van der Waals surface area contributed by atoms with E-state index in [1.165, 1.54) is 6.42 Å². The van der Waals surface area contributed by atoms with Crippen molar-refractivity contribution < 1.29 is 5.11 Å². The predicted octanol–water partition coefficient (Wildman–Crippen LogP) is 1.79. The Labute approximate surface area is 78.6 Å². The van der Waals surface area contributed by atoms with E-state index in [4.69, 9.17) is 0 Å². The first-order valence-electron chi connectivity index (χ1n) is 4.85. The molecule has 1 aliphatic rings. The molecule has 0 unspecified atom stereocenters. The summed E-state index contributed by atoms with van der Waals surface area (Å²) in [6.07, 6.45) is 6.32. The topological polar surface area (TPSA) is 33.1 Å². The summed E-state index contributed by atoms with van der Waals surface area (Å²) in [7, 11) is 0. The number of aliphatic hydroxyl groups is 1. The normalized spacial score (nSPS) is 19.5. The standard InChI is InChI=1S/C11H15NO/c13-9-11(5-3-6-11)8-10-4-1-2-7-12-10/h1-2,4,7,13H,3,5-6,8-9H2. The zero-order valence-corrected chi connectivity index (χ0v) is 7.74. The summed E-state index contributed by atoms with van der Waals surface area (Å²) in [6.45, 7) is 0.309. The van der Waals surface area contributed by atoms with Gasteiger partial charge in [-0.05, 0) is 36.8 Å². The highest BCUT2D eigenvalue weighted by atomic mass is 16.3. The lowest BCUT2D eigenvalue weighted by Gasteiger charge is -2.40. The van der Waals surface area contributed by atoms with Crippen LogP contribution in [-0.4, -0.2) is 16.7 Å². The van der Waals surface area contributed by atoms with Crippen LogP contribution in [0.3, 0.4) is 0 Å². The Hall–Kier alpha value is -0.890. The fourth-order valence-electron chi connectivity index (χ4n) is 1.95. The maximum Gasteiger partial charge on any atom is 0.0491 e. The maximum atomic E-state index is 9.27. The summed E-state index contributed by atoms with van der Waals surface area (Å²) < 4.78 is 0. The lowest BCUT2D eigenvalue weighted by atomic mass is 9.66. The SMILES string of the molecule is OCC1(Cc2ccccn2)CCC1. The van der Waals surface area contributed by atoms with Crippen molar-refractivity contribution in [3.8, 4) is 0 Å². The first kappa shape index (κ1) is 8.70. The van der Waals surface area contributed by atoms with Crippen molar-refractivity contribution in [3.05, 3.63) is 30.1 Å². The zero-order chi connectivity index (χ0) is 9.15. The van der Waals surface area contributed by atoms with Gasteiger partial charge < -0.3 is 5.11 Å². The molecule has 0 atom stereocenters. The van der Waals surface area contributed by atoms with E-state index in [1.54, 1.807) is 0 Å². The molecule has 1 heterocycles. The highest BCUT2D eigenvalue weighted by Crippen LogP contribution is 2.42. The minimum absolute atomic E-state index is 0.161. The van der Waals surface area contributed by atoms with Crippen LogP contribution < -0.4 is 0 Å². The Morgan fingerprint density at radius 3 is 2.69 bits per heavy atom. The van der Waals surface area contributed by atoms with Crippen molar-refractivity contribution in [2.75, 3.05) is 6.61 Å². The second-order valence-electron chi connectivity index (χ2n) is 4.01. The summed E-state index contributed by atoms with van der Waals surface area (Å²) in [6, 6.07) is 5.97. The highest BCUT2D eigenvalue weighted by Gasteiger charge is 2.36. The summed E-state index contributed by atoms with van der Waals surface area (Å²) >= 11 is 0. The molecule has 1 fully saturated rings. The Balaban J connectivity index is 2.05. The summed E-state index contributed by atoms with van der Waals surface area (Å²) in [5, 5.41) is 9.27. The zero-order valence-electron chi connectivity index (χ0n) is 7.74. The van der Waals surface area contributed by atoms with Crippen LogP contribution in [0.25, 0.3) is 0 Å². The van der Waals surface area contributed by atoms with Gasteiger partial charge in [-0.3, -0.25) is 4.98 Å². The molecule has 2 rings (SSSR count). The second kappa shape index (κ2) is 3.46. The molecule has 0 aromatic carbocycles. The van der Waals surface area contributed by atoms with Crippen LogP contribution >= 0.6 is 0 Å². The van der Waals surface area contributed by atoms with E-state index < -0.39 is 0 Å². The van der Waals surface area contributed by atoms with Gasteiger partial charge in [0, 0.05) is 18.5 Å². The van der Waals surface area contributed by atoms with Gasteiger partial charge in [0.05, 0.1) is 0 Å². The van der Waals surface area contributed by atoms with Crippen LogP contribution in [0, 0.1) is 5.41 Å². The lowest BCUT2D eigenvalue weighted by Crippen LogP contribution is -2.35. The average Bonchev–Trinajstić information content (AvgIpc) is 2.13. The van der Waals surface area contributed by atoms with Gasteiger partial charge in [-0.15, -0.1) is 0 Å². The fourth-order valence-corrected chi connectivity index (χ4v) is 1.95. The van der Waals surface area contributed by atoms with Crippen molar-refractivity contribution in [1.82, 2.24) is 4.98 Å². The molecule has 1 aliphatic carbocycles. The van der Waals surface area contributed by atoms with Crippen LogP contribution in [-0.2, 0) is 6.42 Å². The Kier molecular flexibility index (Phi) is 2.32. The minimum Gasteiger partial charge on any atom is -0.396 e. The number of hydrogen-bond acceptors (Lipinski definition) is 2. The van der Waals surface area contributed by atoms with E-state index in [2.05, 4.69) is 4.98 Å². The third kappa shape index (κ3) is 1.73. The molecular weight excluding hydrogens is 162 g/mol. The Morgan fingerprint density at radius 2 is 2.23 bits per heavy atom. The van der Waals surface area contributed by atoms with E-state index in [1.807, 2.05) is 24.4 Å². The second-order valence-corrected chi connectivity index (χ2v) is 4.01. The molecule has 2 heteroatoms. The van der Waals surface area contributed by atoms with Gasteiger partial charge in [0.1, 0.15) is 0 Å². The third-order valence-corrected chi connectivity index (χ3v) is 3.03. The van der Waals surface area contributed by atoms with E-state index in [0.717, 1.165) is 25.0 Å². The van der Waals surface area contributed by atoms with Gasteiger partial charge in [-0.2, -0.15) is 0 Å². The molecule has 1 aromatic rings. The quantitative estimate of drug-likeness (QED) is 0.763. The molecule has 1 N–H and O–H groups in total. The van der Waals surface area contributed by atoms with Crippen LogP contribution in [0.5, 0.6) is 0 Å². The van der Waals surface area contributed by atoms with Gasteiger partial charge in [-0.1, -0.05) is 12.5 Å². The number of hydrogen-bond donors (Lipinski definition) is 1. The van der Waals surface area contributed by atoms with Crippen LogP contribution in [0.1, 0.15) is 25.0 Å². The molecule has 2 nitrogen and oxygen atoms in total. The molecule has 0 spiro atoms. The Bertz CT molecular complexity index is 261. The lowest BCUT2D eigenvalue weighted by molar-refractivity contribution is 0.0441. The molecule has 1 saturated carbocycles. The molecule has 0 amide bonds. The number of aromatic nitrogens is 1. The van der Waals surface area contributed by atoms with Gasteiger partial charge in [0.25, 0.3) is 0 Å². The van der Waals surface area contributed by atoms with Crippen molar-refractivity contribution in [3.63, 3.8) is 0 Å². The average molecular weight is 177 g/mol. The number of pyridine rings is 1. The molecule has 0 saturated heterocycles. The van der Waals surface area contributed by atoms with Crippen molar-refractivity contribution >= 4 is 0 Å². The van der Waals surface area contributed by atoms with Crippen LogP contribution in [0.4, 0.5) is 0 Å². The van der Waals surface area contributed by atoms with Gasteiger partial charge in [0.2, 0.25) is 0 Å².